The lowest BCUT2D eigenvalue weighted by Gasteiger charge is -2.40. The van der Waals surface area contributed by atoms with Crippen LogP contribution in [0.2, 0.25) is 5.02 Å². The van der Waals surface area contributed by atoms with Gasteiger partial charge in [-0.1, -0.05) is 31.5 Å². The minimum atomic E-state index is -0.118. The van der Waals surface area contributed by atoms with Gasteiger partial charge < -0.3 is 24.4 Å². The molecule has 1 amide bonds. The topological polar surface area (TPSA) is 75.1 Å². The van der Waals surface area contributed by atoms with Gasteiger partial charge >= 0.3 is 0 Å². The highest BCUT2D eigenvalue weighted by Crippen LogP contribution is 2.47. The smallest absolute Gasteiger partial charge is 0.224 e. The number of benzene rings is 1. The standard InChI is InChI=1S/C25H32ClN3O4/c1-4-25(2)16-29(24(31)9-10-30)15-20(25)17-5-7-21(32-3)22(11-17)33-19-13-28(14-19)23-8-6-18(26)12-27-23/h5-8,11-12,19-20,30H,4,9-10,13-16H2,1-3H3/t20-,25+/m0/s1. The molecule has 2 aromatic rings. The number of likely N-dealkylation sites (tertiary alicyclic amines) is 1. The maximum absolute atomic E-state index is 12.5. The number of nitrogens with zero attached hydrogens (tertiary/aromatic N) is 3. The molecule has 0 saturated carbocycles. The Kier molecular flexibility index (Phi) is 7.00. The number of carbonyl (C=O) groups is 1. The molecule has 1 N–H and O–H groups in total. The van der Waals surface area contributed by atoms with E-state index in [4.69, 9.17) is 21.1 Å². The van der Waals surface area contributed by atoms with Gasteiger partial charge in [-0.15, -0.1) is 0 Å². The maximum atomic E-state index is 12.5. The van der Waals surface area contributed by atoms with Crippen molar-refractivity contribution >= 4 is 23.3 Å². The summed E-state index contributed by atoms with van der Waals surface area (Å²) in [6, 6.07) is 9.85. The number of hydrogen-bond donors (Lipinski definition) is 1. The summed E-state index contributed by atoms with van der Waals surface area (Å²) in [7, 11) is 1.65. The van der Waals surface area contributed by atoms with Crippen LogP contribution < -0.4 is 14.4 Å². The second-order valence-corrected chi connectivity index (χ2v) is 9.63. The highest BCUT2D eigenvalue weighted by atomic mass is 35.5. The van der Waals surface area contributed by atoms with Crippen molar-refractivity contribution in [3.05, 3.63) is 47.1 Å². The van der Waals surface area contributed by atoms with Crippen molar-refractivity contribution in [3.63, 3.8) is 0 Å². The lowest BCUT2D eigenvalue weighted by molar-refractivity contribution is -0.131. The summed E-state index contributed by atoms with van der Waals surface area (Å²) in [5.74, 6) is 2.51. The van der Waals surface area contributed by atoms with Crippen LogP contribution in [0.4, 0.5) is 5.82 Å². The van der Waals surface area contributed by atoms with E-state index in [0.717, 1.165) is 36.6 Å². The summed E-state index contributed by atoms with van der Waals surface area (Å²) in [4.78, 5) is 20.9. The van der Waals surface area contributed by atoms with Gasteiger partial charge in [0, 0.05) is 31.6 Å². The van der Waals surface area contributed by atoms with Crippen molar-refractivity contribution in [2.24, 2.45) is 5.41 Å². The van der Waals surface area contributed by atoms with Crippen molar-refractivity contribution < 1.29 is 19.4 Å². The average molecular weight is 474 g/mol. The molecule has 2 aliphatic heterocycles. The Morgan fingerprint density at radius 1 is 1.24 bits per heavy atom. The first kappa shape index (κ1) is 23.6. The SMILES string of the molecule is CC[C@]1(C)CN(C(=O)CCO)C[C@H]1c1ccc(OC)c(OC2CN(c3ccc(Cl)cn3)C2)c1. The van der Waals surface area contributed by atoms with Crippen LogP contribution in [0.3, 0.4) is 0 Å². The van der Waals surface area contributed by atoms with Gasteiger partial charge in [0.1, 0.15) is 11.9 Å². The Morgan fingerprint density at radius 3 is 2.67 bits per heavy atom. The second kappa shape index (κ2) is 9.77. The summed E-state index contributed by atoms with van der Waals surface area (Å²) in [6.07, 6.45) is 2.81. The zero-order valence-corrected chi connectivity index (χ0v) is 20.2. The van der Waals surface area contributed by atoms with Gasteiger partial charge in [0.25, 0.3) is 0 Å². The van der Waals surface area contributed by atoms with Crippen molar-refractivity contribution in [2.45, 2.75) is 38.7 Å². The van der Waals surface area contributed by atoms with Crippen LogP contribution in [0, 0.1) is 5.41 Å². The number of amides is 1. The fourth-order valence-electron chi connectivity index (χ4n) is 4.80. The summed E-state index contributed by atoms with van der Waals surface area (Å²) in [5, 5.41) is 9.81. The molecule has 4 rings (SSSR count). The molecule has 2 aliphatic rings. The first-order chi connectivity index (χ1) is 15.9. The number of methoxy groups -OCH3 is 1. The number of halogens is 1. The third-order valence-corrected chi connectivity index (χ3v) is 7.27. The van der Waals surface area contributed by atoms with E-state index in [1.807, 2.05) is 23.1 Å². The average Bonchev–Trinajstić information content (AvgIpc) is 3.15. The van der Waals surface area contributed by atoms with Crippen LogP contribution in [-0.4, -0.2) is 66.9 Å². The van der Waals surface area contributed by atoms with Gasteiger partial charge in [0.15, 0.2) is 11.5 Å². The molecule has 7 nitrogen and oxygen atoms in total. The zero-order chi connectivity index (χ0) is 23.6. The van der Waals surface area contributed by atoms with Gasteiger partial charge in [-0.2, -0.15) is 0 Å². The van der Waals surface area contributed by atoms with Crippen LogP contribution in [0.1, 0.15) is 38.2 Å². The Balaban J connectivity index is 1.48. The summed E-state index contributed by atoms with van der Waals surface area (Å²) >= 11 is 5.94. The van der Waals surface area contributed by atoms with Gasteiger partial charge in [-0.3, -0.25) is 4.79 Å². The van der Waals surface area contributed by atoms with E-state index >= 15 is 0 Å². The summed E-state index contributed by atoms with van der Waals surface area (Å²) in [6.45, 7) is 7.10. The van der Waals surface area contributed by atoms with Gasteiger partial charge in [0.05, 0.1) is 31.8 Å². The molecule has 0 radical (unpaired) electrons. The fourth-order valence-corrected chi connectivity index (χ4v) is 4.91. The van der Waals surface area contributed by atoms with E-state index < -0.39 is 0 Å². The van der Waals surface area contributed by atoms with Crippen LogP contribution in [-0.2, 0) is 4.79 Å². The third kappa shape index (κ3) is 4.89. The minimum Gasteiger partial charge on any atom is -0.493 e. The van der Waals surface area contributed by atoms with E-state index in [-0.39, 0.29) is 36.4 Å². The van der Waals surface area contributed by atoms with E-state index in [2.05, 4.69) is 35.9 Å². The van der Waals surface area contributed by atoms with E-state index in [1.165, 1.54) is 0 Å². The van der Waals surface area contributed by atoms with Crippen LogP contribution in [0.5, 0.6) is 11.5 Å². The lowest BCUT2D eigenvalue weighted by Crippen LogP contribution is -2.54. The third-order valence-electron chi connectivity index (χ3n) is 7.05. The normalized spacial score (nSPS) is 22.9. The van der Waals surface area contributed by atoms with Crippen molar-refractivity contribution in [1.82, 2.24) is 9.88 Å². The molecule has 0 spiro atoms. The van der Waals surface area contributed by atoms with Crippen molar-refractivity contribution in [1.29, 1.82) is 0 Å². The second-order valence-electron chi connectivity index (χ2n) is 9.20. The number of pyridine rings is 1. The van der Waals surface area contributed by atoms with E-state index in [1.54, 1.807) is 13.3 Å². The molecule has 0 unspecified atom stereocenters. The molecule has 0 aliphatic carbocycles. The minimum absolute atomic E-state index is 0.00929. The number of rotatable bonds is 8. The molecule has 178 valence electrons. The fraction of sp³-hybridized carbons (Fsp3) is 0.520. The molecule has 1 aromatic carbocycles. The Labute approximate surface area is 200 Å². The number of ether oxygens (including phenoxy) is 2. The maximum Gasteiger partial charge on any atom is 0.224 e. The van der Waals surface area contributed by atoms with E-state index in [0.29, 0.717) is 23.9 Å². The zero-order valence-electron chi connectivity index (χ0n) is 19.5. The Bertz CT molecular complexity index is 980. The predicted molar refractivity (Wildman–Crippen MR) is 128 cm³/mol. The molecule has 33 heavy (non-hydrogen) atoms. The van der Waals surface area contributed by atoms with Crippen LogP contribution >= 0.6 is 11.6 Å². The van der Waals surface area contributed by atoms with Crippen molar-refractivity contribution in [2.75, 3.05) is 44.8 Å². The number of aliphatic hydroxyl groups excluding tert-OH is 1. The largest absolute Gasteiger partial charge is 0.493 e. The molecular formula is C25H32ClN3O4. The van der Waals surface area contributed by atoms with Gasteiger partial charge in [-0.25, -0.2) is 4.98 Å². The molecular weight excluding hydrogens is 442 g/mol. The number of hydrogen-bond acceptors (Lipinski definition) is 6. The predicted octanol–water partition coefficient (Wildman–Crippen LogP) is 3.74. The number of aliphatic hydroxyl groups is 1. The molecule has 3 heterocycles. The molecule has 1 aromatic heterocycles. The van der Waals surface area contributed by atoms with E-state index in [9.17, 15) is 9.90 Å². The highest BCUT2D eigenvalue weighted by molar-refractivity contribution is 6.30. The van der Waals surface area contributed by atoms with Crippen LogP contribution in [0.25, 0.3) is 0 Å². The molecule has 8 heteroatoms. The first-order valence-electron chi connectivity index (χ1n) is 11.5. The van der Waals surface area contributed by atoms with Crippen LogP contribution in [0.15, 0.2) is 36.5 Å². The number of anilines is 1. The molecule has 2 saturated heterocycles. The molecule has 0 bridgehead atoms. The lowest BCUT2D eigenvalue weighted by atomic mass is 9.74. The highest BCUT2D eigenvalue weighted by Gasteiger charge is 2.44. The molecule has 2 fully saturated rings. The monoisotopic (exact) mass is 473 g/mol. The Morgan fingerprint density at radius 2 is 2.03 bits per heavy atom. The number of carbonyl (C=O) groups excluding carboxylic acids is 1. The summed E-state index contributed by atoms with van der Waals surface area (Å²) in [5.41, 5.74) is 1.11. The van der Waals surface area contributed by atoms with Crippen molar-refractivity contribution in [3.8, 4) is 11.5 Å². The quantitative estimate of drug-likeness (QED) is 0.629. The Hall–Kier alpha value is -2.51. The first-order valence-corrected chi connectivity index (χ1v) is 11.8. The molecule has 2 atom stereocenters. The summed E-state index contributed by atoms with van der Waals surface area (Å²) < 4.78 is 11.9. The van der Waals surface area contributed by atoms with Gasteiger partial charge in [-0.05, 0) is 41.7 Å². The number of aromatic nitrogens is 1. The van der Waals surface area contributed by atoms with Gasteiger partial charge in [0.2, 0.25) is 5.91 Å².